The molecule has 0 fully saturated rings. The average Bonchev–Trinajstić information content (AvgIpc) is 2.49. The molecule has 0 heterocycles. The van der Waals surface area contributed by atoms with Gasteiger partial charge < -0.3 is 5.11 Å². The summed E-state index contributed by atoms with van der Waals surface area (Å²) in [5, 5.41) is 8.51. The first-order chi connectivity index (χ1) is 11.8. The van der Waals surface area contributed by atoms with Crippen molar-refractivity contribution in [3.05, 3.63) is 12.2 Å². The van der Waals surface area contributed by atoms with Gasteiger partial charge >= 0.3 is 5.97 Å². The molecular formula is C19H38O5S. The van der Waals surface area contributed by atoms with E-state index < -0.39 is 16.1 Å². The normalized spacial score (nSPS) is 11.3. The van der Waals surface area contributed by atoms with Gasteiger partial charge in [-0.2, -0.15) is 8.42 Å². The lowest BCUT2D eigenvalue weighted by molar-refractivity contribution is -0.137. The highest BCUT2D eigenvalue weighted by Gasteiger charge is 1.95. The minimum atomic E-state index is -3.67. The van der Waals surface area contributed by atoms with Crippen LogP contribution >= 0.6 is 0 Å². The van der Waals surface area contributed by atoms with E-state index in [9.17, 15) is 13.2 Å². The molecule has 0 atom stereocenters. The van der Waals surface area contributed by atoms with E-state index in [1.165, 1.54) is 70.6 Å². The summed E-state index contributed by atoms with van der Waals surface area (Å²) in [5.41, 5.74) is 0. The SMILES string of the molecule is CCCCCCCCC=CCCCCCCCC(=O)O.CS(=O)(=O)O. The van der Waals surface area contributed by atoms with Crippen LogP contribution in [0.1, 0.15) is 96.8 Å². The molecule has 0 aromatic rings. The van der Waals surface area contributed by atoms with Crippen molar-refractivity contribution in [2.24, 2.45) is 0 Å². The summed E-state index contributed by atoms with van der Waals surface area (Å²) in [5.74, 6) is -0.664. The van der Waals surface area contributed by atoms with E-state index in [0.717, 1.165) is 12.8 Å². The molecule has 0 bridgehead atoms. The molecule has 2 N–H and O–H groups in total. The monoisotopic (exact) mass is 378 g/mol. The van der Waals surface area contributed by atoms with E-state index in [1.54, 1.807) is 0 Å². The van der Waals surface area contributed by atoms with Crippen LogP contribution in [0.5, 0.6) is 0 Å². The summed E-state index contributed by atoms with van der Waals surface area (Å²) < 4.78 is 25.9. The Morgan fingerprint density at radius 3 is 1.56 bits per heavy atom. The van der Waals surface area contributed by atoms with E-state index >= 15 is 0 Å². The topological polar surface area (TPSA) is 91.7 Å². The lowest BCUT2D eigenvalue weighted by atomic mass is 10.1. The van der Waals surface area contributed by atoms with Crippen molar-refractivity contribution in [2.75, 3.05) is 6.26 Å². The molecule has 0 aliphatic heterocycles. The molecule has 0 amide bonds. The molecule has 0 aromatic heterocycles. The Balaban J connectivity index is 0. The van der Waals surface area contributed by atoms with Crippen molar-refractivity contribution < 1.29 is 22.9 Å². The van der Waals surface area contributed by atoms with Crippen LogP contribution in [0.25, 0.3) is 0 Å². The molecule has 6 heteroatoms. The Kier molecular flexibility index (Phi) is 20.5. The van der Waals surface area contributed by atoms with Crippen LogP contribution in [0.4, 0.5) is 0 Å². The molecule has 0 rings (SSSR count). The summed E-state index contributed by atoms with van der Waals surface area (Å²) >= 11 is 0. The van der Waals surface area contributed by atoms with Crippen LogP contribution in [0, 0.1) is 0 Å². The molecule has 0 saturated carbocycles. The number of aliphatic carboxylic acids is 1. The van der Waals surface area contributed by atoms with Crippen molar-refractivity contribution in [1.82, 2.24) is 0 Å². The predicted molar refractivity (Wildman–Crippen MR) is 105 cm³/mol. The van der Waals surface area contributed by atoms with Crippen molar-refractivity contribution in [3.63, 3.8) is 0 Å². The Labute approximate surface area is 154 Å². The van der Waals surface area contributed by atoms with E-state index in [0.29, 0.717) is 12.7 Å². The summed E-state index contributed by atoms with van der Waals surface area (Å²) in [6, 6.07) is 0. The molecule has 25 heavy (non-hydrogen) atoms. The highest BCUT2D eigenvalue weighted by Crippen LogP contribution is 2.09. The summed E-state index contributed by atoms with van der Waals surface area (Å²) in [4.78, 5) is 10.3. The third-order valence-corrected chi connectivity index (χ3v) is 3.65. The molecular weight excluding hydrogens is 340 g/mol. The molecule has 5 nitrogen and oxygen atoms in total. The number of allylic oxidation sites excluding steroid dienone is 2. The molecule has 0 radical (unpaired) electrons. The van der Waals surface area contributed by atoms with Crippen LogP contribution in [0.15, 0.2) is 12.2 Å². The van der Waals surface area contributed by atoms with Gasteiger partial charge in [-0.15, -0.1) is 0 Å². The second-order valence-electron chi connectivity index (χ2n) is 6.46. The van der Waals surface area contributed by atoms with E-state index in [1.807, 2.05) is 0 Å². The lowest BCUT2D eigenvalue weighted by Gasteiger charge is -1.99. The summed E-state index contributed by atoms with van der Waals surface area (Å²) in [6.45, 7) is 2.26. The lowest BCUT2D eigenvalue weighted by Crippen LogP contribution is -1.93. The number of carboxylic acid groups (broad SMARTS) is 1. The molecule has 0 aliphatic rings. The maximum Gasteiger partial charge on any atom is 0.303 e. The van der Waals surface area contributed by atoms with E-state index in [4.69, 9.17) is 9.66 Å². The fraction of sp³-hybridized carbons (Fsp3) is 0.842. The zero-order valence-electron chi connectivity index (χ0n) is 16.1. The van der Waals surface area contributed by atoms with Crippen LogP contribution in [-0.2, 0) is 14.9 Å². The summed E-state index contributed by atoms with van der Waals surface area (Å²) in [6.07, 6.45) is 22.0. The maximum absolute atomic E-state index is 10.3. The Hall–Kier alpha value is -0.880. The largest absolute Gasteiger partial charge is 0.481 e. The maximum atomic E-state index is 10.3. The van der Waals surface area contributed by atoms with Crippen molar-refractivity contribution in [3.8, 4) is 0 Å². The number of hydrogen-bond donors (Lipinski definition) is 2. The third-order valence-electron chi connectivity index (χ3n) is 3.65. The standard InChI is InChI=1S/C18H34O2.CH4O3S/c1-2-3-4-5-6-7-8-9-10-11-12-13-14-15-16-17-18(19)20;1-5(2,3)4/h9-10H,2-8,11-17H2,1H3,(H,19,20);1H3,(H,2,3,4). The minimum Gasteiger partial charge on any atom is -0.481 e. The molecule has 0 aliphatic carbocycles. The first-order valence-corrected chi connectivity index (χ1v) is 11.4. The van der Waals surface area contributed by atoms with Gasteiger partial charge in [0.1, 0.15) is 0 Å². The van der Waals surface area contributed by atoms with Crippen LogP contribution < -0.4 is 0 Å². The fourth-order valence-corrected chi connectivity index (χ4v) is 2.35. The third kappa shape index (κ3) is 39.7. The van der Waals surface area contributed by atoms with E-state index in [2.05, 4.69) is 19.1 Å². The van der Waals surface area contributed by atoms with Gasteiger partial charge in [-0.05, 0) is 32.1 Å². The zero-order valence-corrected chi connectivity index (χ0v) is 16.9. The van der Waals surface area contributed by atoms with Gasteiger partial charge in [0.05, 0.1) is 6.26 Å². The highest BCUT2D eigenvalue weighted by atomic mass is 32.2. The Morgan fingerprint density at radius 2 is 1.16 bits per heavy atom. The zero-order chi connectivity index (χ0) is 19.4. The number of carbonyl (C=O) groups is 1. The first kappa shape index (κ1) is 26.4. The number of rotatable bonds is 15. The average molecular weight is 379 g/mol. The Bertz CT molecular complexity index is 408. The summed E-state index contributed by atoms with van der Waals surface area (Å²) in [7, 11) is -3.67. The second kappa shape index (κ2) is 19.4. The first-order valence-electron chi connectivity index (χ1n) is 9.56. The van der Waals surface area contributed by atoms with Gasteiger partial charge in [-0.25, -0.2) is 0 Å². The molecule has 150 valence electrons. The smallest absolute Gasteiger partial charge is 0.303 e. The van der Waals surface area contributed by atoms with Gasteiger partial charge in [0.25, 0.3) is 10.1 Å². The number of hydrogen-bond acceptors (Lipinski definition) is 3. The minimum absolute atomic E-state index is 0.332. The van der Waals surface area contributed by atoms with E-state index in [-0.39, 0.29) is 0 Å². The highest BCUT2D eigenvalue weighted by molar-refractivity contribution is 7.85. The van der Waals surface area contributed by atoms with Crippen LogP contribution in [0.3, 0.4) is 0 Å². The molecule has 0 aromatic carbocycles. The van der Waals surface area contributed by atoms with Gasteiger partial charge in [-0.3, -0.25) is 9.35 Å². The van der Waals surface area contributed by atoms with Crippen LogP contribution in [0.2, 0.25) is 0 Å². The van der Waals surface area contributed by atoms with Gasteiger partial charge in [0.2, 0.25) is 0 Å². The molecule has 0 unspecified atom stereocenters. The van der Waals surface area contributed by atoms with Gasteiger partial charge in [0.15, 0.2) is 0 Å². The van der Waals surface area contributed by atoms with Crippen molar-refractivity contribution in [2.45, 2.75) is 96.8 Å². The van der Waals surface area contributed by atoms with Crippen molar-refractivity contribution >= 4 is 16.1 Å². The number of carboxylic acids is 1. The van der Waals surface area contributed by atoms with Crippen molar-refractivity contribution in [1.29, 1.82) is 0 Å². The fourth-order valence-electron chi connectivity index (χ4n) is 2.35. The van der Waals surface area contributed by atoms with Gasteiger partial charge in [0, 0.05) is 6.42 Å². The number of unbranched alkanes of at least 4 members (excludes halogenated alkanes) is 11. The second-order valence-corrected chi connectivity index (χ2v) is 7.93. The Morgan fingerprint density at radius 1 is 0.800 bits per heavy atom. The quantitative estimate of drug-likeness (QED) is 0.219. The van der Waals surface area contributed by atoms with Crippen LogP contribution in [-0.4, -0.2) is 30.3 Å². The molecule has 0 spiro atoms. The predicted octanol–water partition coefficient (Wildman–Crippen LogP) is 5.61. The van der Waals surface area contributed by atoms with Gasteiger partial charge in [-0.1, -0.05) is 70.4 Å². The molecule has 0 saturated heterocycles.